The summed E-state index contributed by atoms with van der Waals surface area (Å²) in [7, 11) is 0. The summed E-state index contributed by atoms with van der Waals surface area (Å²) in [6.07, 6.45) is 0.974. The summed E-state index contributed by atoms with van der Waals surface area (Å²) in [5, 5.41) is 7.30. The van der Waals surface area contributed by atoms with Gasteiger partial charge in [-0.2, -0.15) is 5.10 Å². The lowest BCUT2D eigenvalue weighted by Crippen LogP contribution is -1.85. The van der Waals surface area contributed by atoms with Crippen molar-refractivity contribution in [3.05, 3.63) is 38.1 Å². The molecule has 0 aliphatic rings. The van der Waals surface area contributed by atoms with Gasteiger partial charge in [-0.05, 0) is 46.7 Å². The van der Waals surface area contributed by atoms with Crippen molar-refractivity contribution in [3.63, 3.8) is 0 Å². The van der Waals surface area contributed by atoms with E-state index in [0.717, 1.165) is 14.6 Å². The van der Waals surface area contributed by atoms with Gasteiger partial charge in [0.15, 0.2) is 0 Å². The van der Waals surface area contributed by atoms with Crippen LogP contribution < -0.4 is 0 Å². The smallest absolute Gasteiger partial charge is 0.131 e. The number of nitrogens with one attached hydrogen (secondary N) is 1. The third-order valence-electron chi connectivity index (χ3n) is 2.28. The van der Waals surface area contributed by atoms with Crippen molar-refractivity contribution in [3.8, 4) is 11.1 Å². The summed E-state index contributed by atoms with van der Waals surface area (Å²) in [4.78, 5) is 0. The van der Waals surface area contributed by atoms with Crippen molar-refractivity contribution >= 4 is 38.5 Å². The van der Waals surface area contributed by atoms with E-state index in [1.165, 1.54) is 16.8 Å². The van der Waals surface area contributed by atoms with Crippen LogP contribution in [0.1, 0.15) is 12.6 Å². The Morgan fingerprint density at radius 3 is 2.60 bits per heavy atom. The molecule has 78 valence electrons. The lowest BCUT2D eigenvalue weighted by molar-refractivity contribution is 0.968. The molecule has 1 aromatic carbocycles. The van der Waals surface area contributed by atoms with Crippen LogP contribution in [0.25, 0.3) is 11.1 Å². The SMILES string of the molecule is CCc1[nH]nc(I)c1-c1ccc(Br)cc1. The molecular weight excluding hydrogens is 367 g/mol. The number of rotatable bonds is 2. The topological polar surface area (TPSA) is 28.7 Å². The lowest BCUT2D eigenvalue weighted by atomic mass is 10.1. The maximum atomic E-state index is 4.24. The number of nitrogens with zero attached hydrogens (tertiary/aromatic N) is 1. The molecule has 1 heterocycles. The zero-order valence-electron chi connectivity index (χ0n) is 8.22. The van der Waals surface area contributed by atoms with Crippen LogP contribution in [-0.4, -0.2) is 10.2 Å². The van der Waals surface area contributed by atoms with Gasteiger partial charge in [-0.3, -0.25) is 5.10 Å². The third-order valence-corrected chi connectivity index (χ3v) is 3.59. The number of hydrogen-bond donors (Lipinski definition) is 1. The van der Waals surface area contributed by atoms with E-state index >= 15 is 0 Å². The Kier molecular flexibility index (Phi) is 3.45. The molecule has 15 heavy (non-hydrogen) atoms. The fourth-order valence-electron chi connectivity index (χ4n) is 1.52. The molecule has 0 aliphatic carbocycles. The molecule has 0 bridgehead atoms. The first-order valence-corrected chi connectivity index (χ1v) is 6.58. The number of H-pyrrole nitrogens is 1. The molecule has 4 heteroatoms. The molecule has 0 radical (unpaired) electrons. The largest absolute Gasteiger partial charge is 0.281 e. The highest BCUT2D eigenvalue weighted by Gasteiger charge is 2.11. The van der Waals surface area contributed by atoms with Gasteiger partial charge in [-0.25, -0.2) is 0 Å². The monoisotopic (exact) mass is 376 g/mol. The average Bonchev–Trinajstić information content (AvgIpc) is 2.61. The van der Waals surface area contributed by atoms with E-state index in [-0.39, 0.29) is 0 Å². The van der Waals surface area contributed by atoms with Crippen molar-refractivity contribution in [2.75, 3.05) is 0 Å². The standard InChI is InChI=1S/C11H10BrIN2/c1-2-9-10(11(13)15-14-9)7-3-5-8(12)6-4-7/h3-6H,2H2,1H3,(H,14,15). The minimum absolute atomic E-state index is 0.974. The highest BCUT2D eigenvalue weighted by atomic mass is 127. The van der Waals surface area contributed by atoms with Gasteiger partial charge in [0.25, 0.3) is 0 Å². The predicted molar refractivity (Wildman–Crippen MR) is 73.8 cm³/mol. The molecule has 0 saturated carbocycles. The van der Waals surface area contributed by atoms with E-state index < -0.39 is 0 Å². The van der Waals surface area contributed by atoms with E-state index in [9.17, 15) is 0 Å². The molecule has 0 atom stereocenters. The zero-order chi connectivity index (χ0) is 10.8. The van der Waals surface area contributed by atoms with Gasteiger partial charge in [0.05, 0.1) is 0 Å². The molecule has 0 fully saturated rings. The quantitative estimate of drug-likeness (QED) is 0.788. The van der Waals surface area contributed by atoms with E-state index in [0.29, 0.717) is 0 Å². The summed E-state index contributed by atoms with van der Waals surface area (Å²) < 4.78 is 2.13. The van der Waals surface area contributed by atoms with Crippen LogP contribution in [0.15, 0.2) is 28.7 Å². The summed E-state index contributed by atoms with van der Waals surface area (Å²) in [5.41, 5.74) is 3.64. The van der Waals surface area contributed by atoms with Crippen LogP contribution in [0, 0.1) is 3.70 Å². The zero-order valence-corrected chi connectivity index (χ0v) is 12.0. The Labute approximate surface area is 111 Å². The molecule has 0 amide bonds. The Balaban J connectivity index is 2.52. The lowest BCUT2D eigenvalue weighted by Gasteiger charge is -2.02. The van der Waals surface area contributed by atoms with E-state index in [1.54, 1.807) is 0 Å². The number of aromatic nitrogens is 2. The maximum Gasteiger partial charge on any atom is 0.131 e. The molecule has 2 aromatic rings. The van der Waals surface area contributed by atoms with Crippen molar-refractivity contribution in [2.24, 2.45) is 0 Å². The van der Waals surface area contributed by atoms with E-state index in [1.807, 2.05) is 0 Å². The van der Waals surface area contributed by atoms with Gasteiger partial charge in [-0.15, -0.1) is 0 Å². The molecule has 2 nitrogen and oxygen atoms in total. The first-order chi connectivity index (χ1) is 7.22. The number of aryl methyl sites for hydroxylation is 1. The van der Waals surface area contributed by atoms with E-state index in [2.05, 4.69) is 79.9 Å². The average molecular weight is 377 g/mol. The van der Waals surface area contributed by atoms with Crippen LogP contribution in [0.3, 0.4) is 0 Å². The Hall–Kier alpha value is -0.360. The van der Waals surface area contributed by atoms with Gasteiger partial charge in [0, 0.05) is 15.7 Å². The second kappa shape index (κ2) is 4.65. The minimum atomic E-state index is 0.974. The Morgan fingerprint density at radius 1 is 1.33 bits per heavy atom. The van der Waals surface area contributed by atoms with Gasteiger partial charge in [0.2, 0.25) is 0 Å². The van der Waals surface area contributed by atoms with Gasteiger partial charge in [-0.1, -0.05) is 35.0 Å². The molecular formula is C11H10BrIN2. The molecule has 1 N–H and O–H groups in total. The Bertz CT molecular complexity index is 462. The molecule has 0 unspecified atom stereocenters. The molecule has 0 saturated heterocycles. The number of hydrogen-bond acceptors (Lipinski definition) is 1. The normalized spacial score (nSPS) is 10.6. The van der Waals surface area contributed by atoms with Crippen LogP contribution in [0.4, 0.5) is 0 Å². The van der Waals surface area contributed by atoms with Crippen LogP contribution in [0.5, 0.6) is 0 Å². The fraction of sp³-hybridized carbons (Fsp3) is 0.182. The predicted octanol–water partition coefficient (Wildman–Crippen LogP) is 4.01. The van der Waals surface area contributed by atoms with Crippen molar-refractivity contribution < 1.29 is 0 Å². The third kappa shape index (κ3) is 2.25. The van der Waals surface area contributed by atoms with Crippen molar-refractivity contribution in [1.82, 2.24) is 10.2 Å². The van der Waals surface area contributed by atoms with Gasteiger partial charge < -0.3 is 0 Å². The maximum absolute atomic E-state index is 4.24. The van der Waals surface area contributed by atoms with Crippen molar-refractivity contribution in [1.29, 1.82) is 0 Å². The second-order valence-corrected chi connectivity index (χ2v) is 5.17. The summed E-state index contributed by atoms with van der Waals surface area (Å²) in [6, 6.07) is 8.32. The van der Waals surface area contributed by atoms with Crippen molar-refractivity contribution in [2.45, 2.75) is 13.3 Å². The first kappa shape index (κ1) is 11.1. The second-order valence-electron chi connectivity index (χ2n) is 3.23. The van der Waals surface area contributed by atoms with Crippen LogP contribution in [-0.2, 0) is 6.42 Å². The molecule has 0 spiro atoms. The van der Waals surface area contributed by atoms with Gasteiger partial charge >= 0.3 is 0 Å². The summed E-state index contributed by atoms with van der Waals surface area (Å²) >= 11 is 5.70. The Morgan fingerprint density at radius 2 is 2.00 bits per heavy atom. The summed E-state index contributed by atoms with van der Waals surface area (Å²) in [5.74, 6) is 0. The van der Waals surface area contributed by atoms with Crippen LogP contribution >= 0.6 is 38.5 Å². The van der Waals surface area contributed by atoms with Crippen LogP contribution in [0.2, 0.25) is 0 Å². The first-order valence-electron chi connectivity index (χ1n) is 4.71. The molecule has 1 aromatic heterocycles. The van der Waals surface area contributed by atoms with Gasteiger partial charge in [0.1, 0.15) is 3.70 Å². The number of halogens is 2. The van der Waals surface area contributed by atoms with E-state index in [4.69, 9.17) is 0 Å². The number of benzene rings is 1. The molecule has 2 rings (SSSR count). The molecule has 0 aliphatic heterocycles. The number of aromatic amines is 1. The minimum Gasteiger partial charge on any atom is -0.281 e. The highest BCUT2D eigenvalue weighted by Crippen LogP contribution is 2.28. The highest BCUT2D eigenvalue weighted by molar-refractivity contribution is 14.1. The summed E-state index contributed by atoms with van der Waals surface area (Å²) in [6.45, 7) is 2.13. The fourth-order valence-corrected chi connectivity index (χ4v) is 2.54.